The van der Waals surface area contributed by atoms with Crippen LogP contribution in [0.1, 0.15) is 78.1 Å². The van der Waals surface area contributed by atoms with Crippen LogP contribution in [-0.4, -0.2) is 65.9 Å². The van der Waals surface area contributed by atoms with E-state index in [9.17, 15) is 13.0 Å². The van der Waals surface area contributed by atoms with Crippen molar-refractivity contribution in [3.8, 4) is 0 Å². The quantitative estimate of drug-likeness (QED) is 0.116. The summed E-state index contributed by atoms with van der Waals surface area (Å²) < 4.78 is 34.5. The van der Waals surface area contributed by atoms with Crippen LogP contribution in [0.4, 0.5) is 0 Å². The Balaban J connectivity index is -0.000000221. The Labute approximate surface area is 187 Å². The number of hydrogen-bond acceptors (Lipinski definition) is 8. The molecule has 0 aromatic carbocycles. The summed E-state index contributed by atoms with van der Waals surface area (Å²) in [6, 6.07) is 0. The molecule has 0 aromatic heterocycles. The van der Waals surface area contributed by atoms with Crippen molar-refractivity contribution in [3.63, 3.8) is 0 Å². The summed E-state index contributed by atoms with van der Waals surface area (Å²) in [6.45, 7) is 3.44. The predicted molar refractivity (Wildman–Crippen MR) is 100 cm³/mol. The Morgan fingerprint density at radius 2 is 1.15 bits per heavy atom. The van der Waals surface area contributed by atoms with Crippen molar-refractivity contribution in [2.24, 2.45) is 0 Å². The van der Waals surface area contributed by atoms with Crippen molar-refractivity contribution < 1.29 is 67.1 Å². The molecule has 162 valence electrons. The van der Waals surface area contributed by atoms with Gasteiger partial charge in [0.1, 0.15) is 6.10 Å². The molecule has 0 bridgehead atoms. The van der Waals surface area contributed by atoms with Crippen molar-refractivity contribution in [2.45, 2.75) is 84.2 Å². The minimum atomic E-state index is -4.48. The van der Waals surface area contributed by atoms with Crippen LogP contribution >= 0.6 is 0 Å². The number of hydrogen-bond donors (Lipinski definition) is 4. The van der Waals surface area contributed by atoms with Crippen LogP contribution in [0.25, 0.3) is 0 Å². The molecule has 4 N–H and O–H groups in total. The molecule has 0 heterocycles. The van der Waals surface area contributed by atoms with Gasteiger partial charge in [0.25, 0.3) is 0 Å². The molecular weight excluding hydrogens is 387 g/mol. The molecule has 0 aliphatic rings. The minimum absolute atomic E-state index is 0. The van der Waals surface area contributed by atoms with E-state index in [1.54, 1.807) is 6.92 Å². The van der Waals surface area contributed by atoms with E-state index in [0.717, 1.165) is 12.8 Å². The summed E-state index contributed by atoms with van der Waals surface area (Å²) in [6.07, 6.45) is 10.7. The SMILES string of the molecule is CCCCCCCCCCCCOS(=O)(=O)[O-].CCO.OCC(O)CO.[Na+]. The van der Waals surface area contributed by atoms with E-state index in [2.05, 4.69) is 11.1 Å². The standard InChI is InChI=1S/C12H26O4S.C3H8O3.C2H6O.Na/c1-2-3-4-5-6-7-8-9-10-11-12-16-17(13,14)15;4-1-3(6)2-5;1-2-3;/h2-12H2,1H3,(H,13,14,15);3-6H,1-2H2;3H,2H2,1H3;/q;;;+1/p-1. The van der Waals surface area contributed by atoms with Crippen molar-refractivity contribution >= 4 is 10.4 Å². The molecule has 0 saturated heterocycles. The van der Waals surface area contributed by atoms with Gasteiger partial charge in [0.15, 0.2) is 0 Å². The molecule has 0 aromatic rings. The molecule has 0 aliphatic heterocycles. The fraction of sp³-hybridized carbons (Fsp3) is 1.00. The van der Waals surface area contributed by atoms with Crippen molar-refractivity contribution in [2.75, 3.05) is 26.4 Å². The van der Waals surface area contributed by atoms with Gasteiger partial charge in [-0.3, -0.25) is 4.18 Å². The van der Waals surface area contributed by atoms with E-state index < -0.39 is 16.5 Å². The topological polar surface area (TPSA) is 147 Å². The van der Waals surface area contributed by atoms with Crippen molar-refractivity contribution in [1.82, 2.24) is 0 Å². The first kappa shape index (κ1) is 35.2. The maximum absolute atomic E-state index is 10.1. The largest absolute Gasteiger partial charge is 1.00 e. The zero-order chi connectivity index (χ0) is 20.7. The van der Waals surface area contributed by atoms with Gasteiger partial charge in [-0.05, 0) is 13.3 Å². The smallest absolute Gasteiger partial charge is 0.726 e. The number of aliphatic hydroxyl groups is 4. The van der Waals surface area contributed by atoms with Crippen LogP contribution in [0.5, 0.6) is 0 Å². The third-order valence-corrected chi connectivity index (χ3v) is 3.60. The van der Waals surface area contributed by atoms with E-state index >= 15 is 0 Å². The Bertz CT molecular complexity index is 338. The maximum atomic E-state index is 10.1. The summed E-state index contributed by atoms with van der Waals surface area (Å²) >= 11 is 0. The molecule has 0 saturated carbocycles. The predicted octanol–water partition coefficient (Wildman–Crippen LogP) is -1.28. The Morgan fingerprint density at radius 1 is 0.815 bits per heavy atom. The van der Waals surface area contributed by atoms with Gasteiger partial charge < -0.3 is 25.0 Å². The zero-order valence-electron chi connectivity index (χ0n) is 17.3. The summed E-state index contributed by atoms with van der Waals surface area (Å²) in [5.41, 5.74) is 0. The molecule has 0 unspecified atom stereocenters. The first-order chi connectivity index (χ1) is 12.3. The monoisotopic (exact) mass is 426 g/mol. The zero-order valence-corrected chi connectivity index (χ0v) is 20.1. The summed E-state index contributed by atoms with van der Waals surface area (Å²) in [7, 11) is -4.48. The number of unbranched alkanes of at least 4 members (excludes halogenated alkanes) is 9. The molecule has 0 radical (unpaired) electrons. The van der Waals surface area contributed by atoms with E-state index in [4.69, 9.17) is 20.4 Å². The van der Waals surface area contributed by atoms with E-state index in [1.165, 1.54) is 44.9 Å². The average Bonchev–Trinajstić information content (AvgIpc) is 2.59. The Morgan fingerprint density at radius 3 is 1.41 bits per heavy atom. The van der Waals surface area contributed by atoms with E-state index in [0.29, 0.717) is 6.42 Å². The molecule has 0 amide bonds. The molecule has 0 atom stereocenters. The second-order valence-corrected chi connectivity index (χ2v) is 6.80. The van der Waals surface area contributed by atoms with Gasteiger partial charge in [-0.25, -0.2) is 8.42 Å². The first-order valence-electron chi connectivity index (χ1n) is 9.39. The van der Waals surface area contributed by atoms with Gasteiger partial charge in [-0.1, -0.05) is 64.7 Å². The van der Waals surface area contributed by atoms with Crippen LogP contribution in [0.3, 0.4) is 0 Å². The average molecular weight is 427 g/mol. The third-order valence-electron chi connectivity index (χ3n) is 3.15. The van der Waals surface area contributed by atoms with E-state index in [1.807, 2.05) is 0 Å². The fourth-order valence-corrected chi connectivity index (χ4v) is 2.13. The summed E-state index contributed by atoms with van der Waals surface area (Å²) in [4.78, 5) is 0. The number of aliphatic hydroxyl groups excluding tert-OH is 4. The fourth-order valence-electron chi connectivity index (χ4n) is 1.81. The van der Waals surface area contributed by atoms with Gasteiger partial charge in [-0.15, -0.1) is 0 Å². The van der Waals surface area contributed by atoms with Gasteiger partial charge in [0, 0.05) is 6.61 Å². The summed E-state index contributed by atoms with van der Waals surface area (Å²) in [5, 5.41) is 31.6. The van der Waals surface area contributed by atoms with Gasteiger partial charge in [-0.2, -0.15) is 0 Å². The maximum Gasteiger partial charge on any atom is 1.00 e. The summed E-state index contributed by atoms with van der Waals surface area (Å²) in [5.74, 6) is 0. The normalized spacial score (nSPS) is 10.4. The molecule has 0 spiro atoms. The Hall–Kier alpha value is 0.710. The molecule has 0 fully saturated rings. The minimum Gasteiger partial charge on any atom is -0.726 e. The number of rotatable bonds is 14. The molecule has 10 heteroatoms. The van der Waals surface area contributed by atoms with Crippen molar-refractivity contribution in [1.29, 1.82) is 0 Å². The molecule has 0 aliphatic carbocycles. The van der Waals surface area contributed by atoms with Crippen LogP contribution in [-0.2, 0) is 14.6 Å². The molecule has 0 rings (SSSR count). The van der Waals surface area contributed by atoms with Crippen LogP contribution in [0, 0.1) is 0 Å². The van der Waals surface area contributed by atoms with Gasteiger partial charge in [0.2, 0.25) is 10.4 Å². The van der Waals surface area contributed by atoms with Crippen LogP contribution < -0.4 is 29.6 Å². The Kier molecular flexibility index (Phi) is 37.7. The van der Waals surface area contributed by atoms with Crippen LogP contribution in [0.15, 0.2) is 0 Å². The second kappa shape index (κ2) is 28.9. The third kappa shape index (κ3) is 46.6. The van der Waals surface area contributed by atoms with Gasteiger partial charge in [0.05, 0.1) is 19.8 Å². The second-order valence-electron chi connectivity index (χ2n) is 5.75. The van der Waals surface area contributed by atoms with Crippen molar-refractivity contribution in [3.05, 3.63) is 0 Å². The van der Waals surface area contributed by atoms with Gasteiger partial charge >= 0.3 is 29.6 Å². The molecular formula is C17H39NaO8S. The molecule has 8 nitrogen and oxygen atoms in total. The van der Waals surface area contributed by atoms with Crippen LogP contribution in [0.2, 0.25) is 0 Å². The molecule has 27 heavy (non-hydrogen) atoms. The van der Waals surface area contributed by atoms with E-state index in [-0.39, 0.29) is 56.0 Å². The first-order valence-corrected chi connectivity index (χ1v) is 10.7.